The van der Waals surface area contributed by atoms with Crippen molar-refractivity contribution >= 4 is 5.91 Å². The molecule has 0 bridgehead atoms. The van der Waals surface area contributed by atoms with E-state index >= 15 is 0 Å². The van der Waals surface area contributed by atoms with Crippen LogP contribution in [0.4, 0.5) is 0 Å². The Morgan fingerprint density at radius 1 is 1.55 bits per heavy atom. The number of allylic oxidation sites excluding steroid dienone is 2. The Labute approximate surface area is 64.7 Å². The molecule has 0 aromatic rings. The Balaban J connectivity index is 2.31. The monoisotopic (exact) mass is 148 g/mol. The van der Waals surface area contributed by atoms with Crippen LogP contribution in [-0.4, -0.2) is 17.4 Å². The van der Waals surface area contributed by atoms with Crippen LogP contribution < -0.4 is 5.32 Å². The van der Waals surface area contributed by atoms with Gasteiger partial charge in [0.15, 0.2) is 0 Å². The highest BCUT2D eigenvalue weighted by Gasteiger charge is 2.13. The zero-order chi connectivity index (χ0) is 7.68. The lowest BCUT2D eigenvalue weighted by Crippen LogP contribution is -2.36. The molecule has 2 heterocycles. The summed E-state index contributed by atoms with van der Waals surface area (Å²) in [5.41, 5.74) is 0. The molecule has 2 aliphatic heterocycles. The summed E-state index contributed by atoms with van der Waals surface area (Å²) >= 11 is 0. The largest absolute Gasteiger partial charge is 0.330 e. The Kier molecular flexibility index (Phi) is 1.28. The maximum Gasteiger partial charge on any atom is 0.250 e. The summed E-state index contributed by atoms with van der Waals surface area (Å²) in [6.45, 7) is 0.836. The molecule has 0 aliphatic carbocycles. The molecular weight excluding hydrogens is 140 g/mol. The van der Waals surface area contributed by atoms with Gasteiger partial charge in [-0.15, -0.1) is 0 Å². The number of carbonyl (C=O) groups excluding carboxylic acids is 1. The molecule has 3 nitrogen and oxygen atoms in total. The minimum Gasteiger partial charge on any atom is -0.330 e. The van der Waals surface area contributed by atoms with Crippen LogP contribution in [0.15, 0.2) is 36.3 Å². The van der Waals surface area contributed by atoms with Crippen LogP contribution in [0.2, 0.25) is 0 Å². The molecule has 0 saturated heterocycles. The lowest BCUT2D eigenvalue weighted by molar-refractivity contribution is -0.116. The molecule has 2 rings (SSSR count). The van der Waals surface area contributed by atoms with Gasteiger partial charge < -0.3 is 10.2 Å². The summed E-state index contributed by atoms with van der Waals surface area (Å²) in [5.74, 6) is 0.808. The van der Waals surface area contributed by atoms with Crippen LogP contribution in [0.3, 0.4) is 0 Å². The first-order valence-electron chi connectivity index (χ1n) is 3.49. The second-order valence-corrected chi connectivity index (χ2v) is 2.44. The number of carbonyl (C=O) groups is 1. The highest BCUT2D eigenvalue weighted by Crippen LogP contribution is 2.10. The van der Waals surface area contributed by atoms with Crippen LogP contribution >= 0.6 is 0 Å². The second-order valence-electron chi connectivity index (χ2n) is 2.44. The normalized spacial score (nSPS) is 20.9. The van der Waals surface area contributed by atoms with Crippen molar-refractivity contribution in [3.8, 4) is 0 Å². The molecule has 11 heavy (non-hydrogen) atoms. The van der Waals surface area contributed by atoms with E-state index in [0.29, 0.717) is 0 Å². The molecule has 1 N–H and O–H groups in total. The van der Waals surface area contributed by atoms with Gasteiger partial charge in [0.1, 0.15) is 5.82 Å². The number of nitrogens with zero attached hydrogens (tertiary/aromatic N) is 1. The topological polar surface area (TPSA) is 32.3 Å². The maximum atomic E-state index is 10.8. The van der Waals surface area contributed by atoms with Gasteiger partial charge in [-0.1, -0.05) is 12.2 Å². The van der Waals surface area contributed by atoms with Gasteiger partial charge in [0, 0.05) is 18.8 Å². The van der Waals surface area contributed by atoms with Crippen molar-refractivity contribution in [3.05, 3.63) is 36.3 Å². The van der Waals surface area contributed by atoms with Gasteiger partial charge in [0.25, 0.3) is 5.91 Å². The second kappa shape index (κ2) is 2.27. The number of rotatable bonds is 0. The maximum absolute atomic E-state index is 10.8. The summed E-state index contributed by atoms with van der Waals surface area (Å²) in [6, 6.07) is 0. The van der Waals surface area contributed by atoms with E-state index in [1.165, 1.54) is 6.08 Å². The van der Waals surface area contributed by atoms with Crippen molar-refractivity contribution in [1.29, 1.82) is 0 Å². The molecule has 0 aromatic carbocycles. The van der Waals surface area contributed by atoms with Gasteiger partial charge in [0.2, 0.25) is 0 Å². The molecular formula is C8H8N2O. The van der Waals surface area contributed by atoms with Gasteiger partial charge >= 0.3 is 0 Å². The van der Waals surface area contributed by atoms with Crippen LogP contribution in [0.25, 0.3) is 0 Å². The molecule has 0 aromatic heterocycles. The molecule has 0 saturated carbocycles. The average Bonchev–Trinajstić information content (AvgIpc) is 2.04. The smallest absolute Gasteiger partial charge is 0.250 e. The van der Waals surface area contributed by atoms with Gasteiger partial charge in [-0.2, -0.15) is 0 Å². The predicted molar refractivity (Wildman–Crippen MR) is 41.2 cm³/mol. The van der Waals surface area contributed by atoms with E-state index < -0.39 is 0 Å². The van der Waals surface area contributed by atoms with Crippen LogP contribution in [0.1, 0.15) is 0 Å². The SMILES string of the molecule is O=C1C=CN2CC=CC=C2N1. The fourth-order valence-corrected chi connectivity index (χ4v) is 1.11. The standard InChI is InChI=1S/C8H8N2O/c11-8-4-6-10-5-2-1-3-7(10)9-8/h1-4,6H,5H2,(H,9,11). The number of fused-ring (bicyclic) bond motifs is 1. The van der Waals surface area contributed by atoms with Crippen molar-refractivity contribution in [1.82, 2.24) is 10.2 Å². The van der Waals surface area contributed by atoms with E-state index in [1.807, 2.05) is 23.1 Å². The summed E-state index contributed by atoms with van der Waals surface area (Å²) in [6.07, 6.45) is 9.16. The molecule has 56 valence electrons. The summed E-state index contributed by atoms with van der Waals surface area (Å²) in [7, 11) is 0. The van der Waals surface area contributed by atoms with Gasteiger partial charge in [0.05, 0.1) is 0 Å². The quantitative estimate of drug-likeness (QED) is 0.537. The Morgan fingerprint density at radius 3 is 3.36 bits per heavy atom. The Morgan fingerprint density at radius 2 is 2.45 bits per heavy atom. The fourth-order valence-electron chi connectivity index (χ4n) is 1.11. The van der Waals surface area contributed by atoms with Gasteiger partial charge in [-0.3, -0.25) is 4.79 Å². The molecule has 0 unspecified atom stereocenters. The zero-order valence-electron chi connectivity index (χ0n) is 5.95. The van der Waals surface area contributed by atoms with Gasteiger partial charge in [-0.05, 0) is 6.08 Å². The van der Waals surface area contributed by atoms with E-state index in [0.717, 1.165) is 12.4 Å². The Hall–Kier alpha value is -1.51. The highest BCUT2D eigenvalue weighted by molar-refractivity contribution is 5.89. The van der Waals surface area contributed by atoms with E-state index in [2.05, 4.69) is 5.32 Å². The van der Waals surface area contributed by atoms with Crippen molar-refractivity contribution in [2.24, 2.45) is 0 Å². The van der Waals surface area contributed by atoms with Gasteiger partial charge in [-0.25, -0.2) is 0 Å². The zero-order valence-corrected chi connectivity index (χ0v) is 5.95. The van der Waals surface area contributed by atoms with Crippen molar-refractivity contribution in [2.45, 2.75) is 0 Å². The fraction of sp³-hybridized carbons (Fsp3) is 0.125. The summed E-state index contributed by atoms with van der Waals surface area (Å²) < 4.78 is 0. The molecule has 2 aliphatic rings. The predicted octanol–water partition coefficient (Wildman–Crippen LogP) is 0.343. The first kappa shape index (κ1) is 6.22. The minimum absolute atomic E-state index is 0.0530. The molecule has 0 spiro atoms. The average molecular weight is 148 g/mol. The van der Waals surface area contributed by atoms with Crippen LogP contribution in [0.5, 0.6) is 0 Å². The highest BCUT2D eigenvalue weighted by atomic mass is 16.1. The van der Waals surface area contributed by atoms with Crippen molar-refractivity contribution in [2.75, 3.05) is 6.54 Å². The third-order valence-corrected chi connectivity index (χ3v) is 1.66. The third-order valence-electron chi connectivity index (χ3n) is 1.66. The summed E-state index contributed by atoms with van der Waals surface area (Å²) in [4.78, 5) is 12.8. The molecule has 0 atom stereocenters. The van der Waals surface area contributed by atoms with E-state index in [-0.39, 0.29) is 5.91 Å². The van der Waals surface area contributed by atoms with E-state index in [1.54, 1.807) is 6.20 Å². The molecule has 0 radical (unpaired) electrons. The summed E-state index contributed by atoms with van der Waals surface area (Å²) in [5, 5.41) is 2.73. The first-order valence-corrected chi connectivity index (χ1v) is 3.49. The van der Waals surface area contributed by atoms with Crippen LogP contribution in [0, 0.1) is 0 Å². The molecule has 0 fully saturated rings. The van der Waals surface area contributed by atoms with E-state index in [9.17, 15) is 4.79 Å². The third kappa shape index (κ3) is 1.05. The molecule has 3 heteroatoms. The molecule has 1 amide bonds. The number of hydrogen-bond acceptors (Lipinski definition) is 2. The van der Waals surface area contributed by atoms with Crippen molar-refractivity contribution < 1.29 is 4.79 Å². The van der Waals surface area contributed by atoms with E-state index in [4.69, 9.17) is 0 Å². The minimum atomic E-state index is -0.0530. The van der Waals surface area contributed by atoms with Crippen molar-refractivity contribution in [3.63, 3.8) is 0 Å². The number of nitrogens with one attached hydrogen (secondary N) is 1. The lowest BCUT2D eigenvalue weighted by Gasteiger charge is -2.27. The number of amides is 1. The lowest BCUT2D eigenvalue weighted by atomic mass is 10.3. The van der Waals surface area contributed by atoms with Crippen LogP contribution in [-0.2, 0) is 4.79 Å². The number of hydrogen-bond donors (Lipinski definition) is 1. The Bertz CT molecular complexity index is 276. The first-order chi connectivity index (χ1) is 5.36.